The zero-order valence-electron chi connectivity index (χ0n) is 21.1. The van der Waals surface area contributed by atoms with Crippen molar-refractivity contribution in [2.45, 2.75) is 71.8 Å². The van der Waals surface area contributed by atoms with E-state index in [0.717, 1.165) is 36.0 Å². The van der Waals surface area contributed by atoms with Crippen molar-refractivity contribution in [1.29, 1.82) is 0 Å². The molecule has 8 bridgehead atoms. The summed E-state index contributed by atoms with van der Waals surface area (Å²) in [4.78, 5) is 27.3. The molecule has 0 aliphatic heterocycles. The molecule has 10 atom stereocenters. The van der Waals surface area contributed by atoms with E-state index in [4.69, 9.17) is 14.2 Å². The van der Waals surface area contributed by atoms with Crippen LogP contribution in [0.2, 0.25) is 0 Å². The quantitative estimate of drug-likeness (QED) is 0.238. The SMILES string of the molecule is CCOCOC(=O)C1C2CC(C1C(=O)OC1C3CC4CC(C3)CC1C4)C1C3CC(C(C)C3C)C21. The van der Waals surface area contributed by atoms with Crippen LogP contribution in [0.25, 0.3) is 0 Å². The van der Waals surface area contributed by atoms with E-state index in [9.17, 15) is 9.59 Å². The van der Waals surface area contributed by atoms with Gasteiger partial charge in [-0.05, 0) is 123 Å². The molecule has 5 nitrogen and oxygen atoms in total. The molecule has 0 aromatic carbocycles. The summed E-state index contributed by atoms with van der Waals surface area (Å²) in [6, 6.07) is 0. The summed E-state index contributed by atoms with van der Waals surface area (Å²) in [6.07, 6.45) is 8.76. The van der Waals surface area contributed by atoms with Crippen molar-refractivity contribution in [2.24, 2.45) is 82.9 Å². The fourth-order valence-electron chi connectivity index (χ4n) is 11.5. The maximum absolute atomic E-state index is 14.0. The second-order valence-corrected chi connectivity index (χ2v) is 13.5. The first-order chi connectivity index (χ1) is 16.5. The van der Waals surface area contributed by atoms with Gasteiger partial charge in [0.1, 0.15) is 6.10 Å². The fraction of sp³-hybridized carbons (Fsp3) is 0.931. The van der Waals surface area contributed by atoms with Crippen LogP contribution < -0.4 is 0 Å². The van der Waals surface area contributed by atoms with Gasteiger partial charge >= 0.3 is 11.9 Å². The molecule has 0 saturated heterocycles. The Morgan fingerprint density at radius 3 is 1.79 bits per heavy atom. The predicted octanol–water partition coefficient (Wildman–Crippen LogP) is 4.93. The lowest BCUT2D eigenvalue weighted by Gasteiger charge is -2.54. The minimum absolute atomic E-state index is 0.00583. The van der Waals surface area contributed by atoms with Crippen molar-refractivity contribution < 1.29 is 23.8 Å². The third kappa shape index (κ3) is 3.00. The number of ether oxygens (including phenoxy) is 3. The maximum atomic E-state index is 14.0. The Hall–Kier alpha value is -1.10. The number of carbonyl (C=O) groups is 2. The first-order valence-electron chi connectivity index (χ1n) is 14.4. The van der Waals surface area contributed by atoms with E-state index in [1.807, 2.05) is 6.92 Å². The Morgan fingerprint density at radius 2 is 1.24 bits per heavy atom. The summed E-state index contributed by atoms with van der Waals surface area (Å²) in [6.45, 7) is 7.25. The molecule has 8 fully saturated rings. The predicted molar refractivity (Wildman–Crippen MR) is 125 cm³/mol. The zero-order valence-corrected chi connectivity index (χ0v) is 21.1. The van der Waals surface area contributed by atoms with Crippen LogP contribution in [0.1, 0.15) is 65.7 Å². The molecule has 8 aliphatic rings. The molecule has 5 heteroatoms. The van der Waals surface area contributed by atoms with Gasteiger partial charge in [-0.15, -0.1) is 0 Å². The molecule has 8 rings (SSSR count). The molecule has 0 heterocycles. The van der Waals surface area contributed by atoms with Gasteiger partial charge in [-0.2, -0.15) is 0 Å². The largest absolute Gasteiger partial charge is 0.462 e. The Kier molecular flexibility index (Phi) is 5.17. The first-order valence-corrected chi connectivity index (χ1v) is 14.4. The van der Waals surface area contributed by atoms with Gasteiger partial charge < -0.3 is 14.2 Å². The number of hydrogen-bond donors (Lipinski definition) is 0. The van der Waals surface area contributed by atoms with Crippen LogP contribution in [0.5, 0.6) is 0 Å². The zero-order chi connectivity index (χ0) is 23.3. The normalized spacial score (nSPS) is 55.6. The number of esters is 2. The van der Waals surface area contributed by atoms with Gasteiger partial charge in [0.25, 0.3) is 0 Å². The average molecular weight is 471 g/mol. The van der Waals surface area contributed by atoms with Crippen LogP contribution in [0.3, 0.4) is 0 Å². The number of carbonyl (C=O) groups excluding carboxylic acids is 2. The van der Waals surface area contributed by atoms with E-state index < -0.39 is 0 Å². The molecule has 0 amide bonds. The Bertz CT molecular complexity index is 825. The molecule has 8 saturated carbocycles. The minimum atomic E-state index is -0.335. The van der Waals surface area contributed by atoms with Gasteiger partial charge in [-0.1, -0.05) is 13.8 Å². The number of rotatable bonds is 6. The van der Waals surface area contributed by atoms with Gasteiger partial charge in [-0.25, -0.2) is 0 Å². The smallest absolute Gasteiger partial charge is 0.312 e. The third-order valence-corrected chi connectivity index (χ3v) is 12.4. The van der Waals surface area contributed by atoms with Crippen LogP contribution in [-0.2, 0) is 23.8 Å². The van der Waals surface area contributed by atoms with E-state index in [1.165, 1.54) is 38.5 Å². The van der Waals surface area contributed by atoms with Gasteiger partial charge in [0.2, 0.25) is 0 Å². The van der Waals surface area contributed by atoms with Crippen LogP contribution in [0, 0.1) is 82.9 Å². The highest BCUT2D eigenvalue weighted by Gasteiger charge is 2.71. The number of hydrogen-bond acceptors (Lipinski definition) is 5. The highest BCUT2D eigenvalue weighted by atomic mass is 16.7. The summed E-state index contributed by atoms with van der Waals surface area (Å²) >= 11 is 0. The summed E-state index contributed by atoms with van der Waals surface area (Å²) in [5.41, 5.74) is 0. The molecule has 0 N–H and O–H groups in total. The van der Waals surface area contributed by atoms with Gasteiger partial charge in [0.05, 0.1) is 11.8 Å². The van der Waals surface area contributed by atoms with E-state index in [-0.39, 0.29) is 42.6 Å². The molecule has 0 radical (unpaired) electrons. The van der Waals surface area contributed by atoms with E-state index >= 15 is 0 Å². The van der Waals surface area contributed by atoms with Crippen molar-refractivity contribution in [3.8, 4) is 0 Å². The molecule has 0 aromatic rings. The summed E-state index contributed by atoms with van der Waals surface area (Å²) < 4.78 is 17.4. The molecular formula is C29H42O5. The van der Waals surface area contributed by atoms with Crippen LogP contribution in [0.4, 0.5) is 0 Å². The van der Waals surface area contributed by atoms with E-state index in [1.54, 1.807) is 0 Å². The molecule has 34 heavy (non-hydrogen) atoms. The second kappa shape index (κ2) is 7.95. The molecule has 0 aromatic heterocycles. The van der Waals surface area contributed by atoms with Crippen LogP contribution >= 0.6 is 0 Å². The first kappa shape index (κ1) is 22.1. The molecule has 0 spiro atoms. The maximum Gasteiger partial charge on any atom is 0.312 e. The molecule has 188 valence electrons. The summed E-state index contributed by atoms with van der Waals surface area (Å²) in [5.74, 6) is 6.58. The second-order valence-electron chi connectivity index (χ2n) is 13.5. The Labute approximate surface area is 204 Å². The van der Waals surface area contributed by atoms with Crippen LogP contribution in [0.15, 0.2) is 0 Å². The topological polar surface area (TPSA) is 61.8 Å². The monoisotopic (exact) mass is 470 g/mol. The molecule has 8 aliphatic carbocycles. The highest BCUT2D eigenvalue weighted by molar-refractivity contribution is 5.84. The minimum Gasteiger partial charge on any atom is -0.462 e. The Balaban J connectivity index is 1.14. The summed E-state index contributed by atoms with van der Waals surface area (Å²) in [7, 11) is 0. The van der Waals surface area contributed by atoms with Crippen molar-refractivity contribution in [1.82, 2.24) is 0 Å². The van der Waals surface area contributed by atoms with Crippen LogP contribution in [-0.4, -0.2) is 31.4 Å². The van der Waals surface area contributed by atoms with E-state index in [0.29, 0.717) is 42.1 Å². The van der Waals surface area contributed by atoms with Gasteiger partial charge in [0, 0.05) is 6.61 Å². The number of fused-ring (bicyclic) bond motifs is 9. The summed E-state index contributed by atoms with van der Waals surface area (Å²) in [5, 5.41) is 0. The highest BCUT2D eigenvalue weighted by Crippen LogP contribution is 2.73. The molecule has 10 unspecified atom stereocenters. The standard InChI is InChI=1S/C29H42O5/c1-4-32-12-33-28(30)25-21-11-22(24-20-10-19(23(21)24)13(2)14(20)3)26(25)29(31)34-27-17-6-15-5-16(8-17)9-18(27)7-15/h13-27H,4-12H2,1-3H3. The molecular weight excluding hydrogens is 428 g/mol. The van der Waals surface area contributed by atoms with Crippen molar-refractivity contribution >= 4 is 11.9 Å². The fourth-order valence-corrected chi connectivity index (χ4v) is 11.5. The lowest BCUT2D eigenvalue weighted by atomic mass is 9.55. The van der Waals surface area contributed by atoms with Crippen molar-refractivity contribution in [2.75, 3.05) is 13.4 Å². The van der Waals surface area contributed by atoms with E-state index in [2.05, 4.69) is 13.8 Å². The average Bonchev–Trinajstić information content (AvgIpc) is 3.54. The van der Waals surface area contributed by atoms with Gasteiger partial charge in [0.15, 0.2) is 6.79 Å². The lowest BCUT2D eigenvalue weighted by molar-refractivity contribution is -0.188. The Morgan fingerprint density at radius 1 is 0.706 bits per heavy atom. The third-order valence-electron chi connectivity index (χ3n) is 12.4. The van der Waals surface area contributed by atoms with Gasteiger partial charge in [-0.3, -0.25) is 9.59 Å². The van der Waals surface area contributed by atoms with Crippen molar-refractivity contribution in [3.63, 3.8) is 0 Å². The van der Waals surface area contributed by atoms with Crippen molar-refractivity contribution in [3.05, 3.63) is 0 Å². The lowest BCUT2D eigenvalue weighted by Crippen LogP contribution is -2.52.